The van der Waals surface area contributed by atoms with Crippen LogP contribution in [0.1, 0.15) is 11.8 Å². The highest BCUT2D eigenvalue weighted by molar-refractivity contribution is 7.09. The number of anilines is 2. The van der Waals surface area contributed by atoms with Crippen molar-refractivity contribution in [3.05, 3.63) is 34.8 Å². The summed E-state index contributed by atoms with van der Waals surface area (Å²) in [7, 11) is 0. The maximum absolute atomic E-state index is 11.5. The molecule has 0 radical (unpaired) electrons. The summed E-state index contributed by atoms with van der Waals surface area (Å²) in [6.07, 6.45) is 1.39. The van der Waals surface area contributed by atoms with E-state index < -0.39 is 6.10 Å². The van der Waals surface area contributed by atoms with Crippen molar-refractivity contribution in [2.75, 3.05) is 10.6 Å². The van der Waals surface area contributed by atoms with Gasteiger partial charge in [-0.1, -0.05) is 0 Å². The second-order valence-corrected chi connectivity index (χ2v) is 5.25. The molecule has 0 bridgehead atoms. The minimum Gasteiger partial charge on any atom is -0.479 e. The number of thiazole rings is 1. The lowest BCUT2D eigenvalue weighted by Crippen LogP contribution is -2.34. The molecule has 1 atom stereocenters. The molecule has 5 nitrogen and oxygen atoms in total. The Bertz CT molecular complexity index is 598. The van der Waals surface area contributed by atoms with E-state index in [0.29, 0.717) is 18.0 Å². The van der Waals surface area contributed by atoms with E-state index in [4.69, 9.17) is 4.74 Å². The summed E-state index contributed by atoms with van der Waals surface area (Å²) in [5, 5.41) is 6.12. The fraction of sp³-hybridized carbons (Fsp3) is 0.231. The second kappa shape index (κ2) is 4.89. The number of nitrogens with one attached hydrogen (secondary N) is 2. The molecule has 0 spiro atoms. The van der Waals surface area contributed by atoms with Crippen LogP contribution in [0.15, 0.2) is 29.9 Å². The Balaban J connectivity index is 1.74. The van der Waals surface area contributed by atoms with Crippen molar-refractivity contribution in [2.45, 2.75) is 19.6 Å². The number of nitrogens with zero attached hydrogens (tertiary/aromatic N) is 1. The molecule has 0 aliphatic carbocycles. The minimum atomic E-state index is -0.441. The Hall–Kier alpha value is -2.08. The Morgan fingerprint density at radius 3 is 3.21 bits per heavy atom. The van der Waals surface area contributed by atoms with Gasteiger partial charge in [0.25, 0.3) is 5.91 Å². The van der Waals surface area contributed by atoms with E-state index >= 15 is 0 Å². The molecule has 1 aliphatic rings. The first kappa shape index (κ1) is 12.0. The molecular weight excluding hydrogens is 262 g/mol. The van der Waals surface area contributed by atoms with E-state index in [9.17, 15) is 4.79 Å². The van der Waals surface area contributed by atoms with E-state index in [1.807, 2.05) is 24.4 Å². The van der Waals surface area contributed by atoms with Crippen LogP contribution in [0.3, 0.4) is 0 Å². The zero-order valence-corrected chi connectivity index (χ0v) is 11.2. The summed E-state index contributed by atoms with van der Waals surface area (Å²) >= 11 is 1.60. The number of carbonyl (C=O) groups excluding carboxylic acids is 1. The van der Waals surface area contributed by atoms with Gasteiger partial charge < -0.3 is 15.4 Å². The van der Waals surface area contributed by atoms with E-state index in [1.165, 1.54) is 0 Å². The number of hydrogen-bond donors (Lipinski definition) is 2. The van der Waals surface area contributed by atoms with E-state index in [1.54, 1.807) is 23.8 Å². The molecule has 2 heterocycles. The van der Waals surface area contributed by atoms with Crippen LogP contribution >= 0.6 is 11.3 Å². The molecule has 1 aromatic carbocycles. The topological polar surface area (TPSA) is 63.2 Å². The van der Waals surface area contributed by atoms with Gasteiger partial charge in [-0.05, 0) is 25.1 Å². The predicted molar refractivity (Wildman–Crippen MR) is 74.6 cm³/mol. The molecule has 1 unspecified atom stereocenters. The van der Waals surface area contributed by atoms with Gasteiger partial charge in [0.15, 0.2) is 6.10 Å². The van der Waals surface area contributed by atoms with Crippen molar-refractivity contribution in [2.24, 2.45) is 0 Å². The second-order valence-electron chi connectivity index (χ2n) is 4.28. The van der Waals surface area contributed by atoms with Crippen LogP contribution in [0.25, 0.3) is 0 Å². The number of carbonyl (C=O) groups is 1. The number of benzene rings is 1. The lowest BCUT2D eigenvalue weighted by atomic mass is 10.2. The van der Waals surface area contributed by atoms with Gasteiger partial charge in [-0.2, -0.15) is 0 Å². The molecular formula is C13H13N3O2S. The van der Waals surface area contributed by atoms with Crippen LogP contribution in [0.4, 0.5) is 11.4 Å². The smallest absolute Gasteiger partial charge is 0.265 e. The molecule has 1 aromatic heterocycles. The molecule has 19 heavy (non-hydrogen) atoms. The average molecular weight is 275 g/mol. The Kier molecular flexibility index (Phi) is 3.08. The predicted octanol–water partition coefficient (Wildman–Crippen LogP) is 2.47. The Morgan fingerprint density at radius 1 is 1.53 bits per heavy atom. The molecule has 0 fully saturated rings. The van der Waals surface area contributed by atoms with Gasteiger partial charge >= 0.3 is 0 Å². The van der Waals surface area contributed by atoms with Crippen LogP contribution in [0, 0.1) is 0 Å². The largest absolute Gasteiger partial charge is 0.479 e. The molecule has 1 amide bonds. The normalized spacial score (nSPS) is 17.3. The van der Waals surface area contributed by atoms with Crippen LogP contribution in [0.2, 0.25) is 0 Å². The molecule has 2 N–H and O–H groups in total. The molecule has 1 aliphatic heterocycles. The summed E-state index contributed by atoms with van der Waals surface area (Å²) in [6, 6.07) is 5.67. The summed E-state index contributed by atoms with van der Waals surface area (Å²) in [5.41, 5.74) is 3.45. The van der Waals surface area contributed by atoms with Crippen molar-refractivity contribution < 1.29 is 9.53 Å². The summed E-state index contributed by atoms with van der Waals surface area (Å²) < 4.78 is 5.50. The maximum Gasteiger partial charge on any atom is 0.265 e. The zero-order valence-electron chi connectivity index (χ0n) is 10.3. The van der Waals surface area contributed by atoms with Crippen molar-refractivity contribution in [1.29, 1.82) is 0 Å². The lowest BCUT2D eigenvalue weighted by Gasteiger charge is -2.23. The highest BCUT2D eigenvalue weighted by Gasteiger charge is 2.23. The van der Waals surface area contributed by atoms with Crippen molar-refractivity contribution >= 4 is 28.6 Å². The monoisotopic (exact) mass is 275 g/mol. The average Bonchev–Trinajstić information content (AvgIpc) is 2.91. The van der Waals surface area contributed by atoms with Crippen molar-refractivity contribution in [3.63, 3.8) is 0 Å². The van der Waals surface area contributed by atoms with Gasteiger partial charge in [-0.25, -0.2) is 0 Å². The number of fused-ring (bicyclic) bond motifs is 1. The van der Waals surface area contributed by atoms with Crippen LogP contribution in [-0.4, -0.2) is 17.0 Å². The van der Waals surface area contributed by atoms with Gasteiger partial charge in [0.2, 0.25) is 0 Å². The minimum absolute atomic E-state index is 0.118. The Labute approximate surface area is 114 Å². The first-order chi connectivity index (χ1) is 9.22. The van der Waals surface area contributed by atoms with Crippen molar-refractivity contribution in [3.8, 4) is 5.75 Å². The molecule has 2 aromatic rings. The zero-order chi connectivity index (χ0) is 13.2. The molecule has 0 saturated carbocycles. The molecule has 0 saturated heterocycles. The van der Waals surface area contributed by atoms with E-state index in [2.05, 4.69) is 15.6 Å². The third kappa shape index (κ3) is 2.53. The van der Waals surface area contributed by atoms with Crippen LogP contribution in [0.5, 0.6) is 5.75 Å². The van der Waals surface area contributed by atoms with Gasteiger partial charge in [0.1, 0.15) is 5.75 Å². The number of ether oxygens (including phenoxy) is 1. The summed E-state index contributed by atoms with van der Waals surface area (Å²) in [5.74, 6) is 0.586. The highest BCUT2D eigenvalue weighted by Crippen LogP contribution is 2.32. The first-order valence-corrected chi connectivity index (χ1v) is 6.83. The number of aromatic nitrogens is 1. The van der Waals surface area contributed by atoms with Crippen LogP contribution < -0.4 is 15.4 Å². The third-order valence-corrected chi connectivity index (χ3v) is 3.64. The number of amides is 1. The van der Waals surface area contributed by atoms with Gasteiger partial charge in [0, 0.05) is 16.8 Å². The Morgan fingerprint density at radius 2 is 2.42 bits per heavy atom. The third-order valence-electron chi connectivity index (χ3n) is 2.86. The number of hydrogen-bond acceptors (Lipinski definition) is 5. The van der Waals surface area contributed by atoms with Gasteiger partial charge in [-0.15, -0.1) is 11.3 Å². The maximum atomic E-state index is 11.5. The lowest BCUT2D eigenvalue weighted by molar-refractivity contribution is -0.122. The molecule has 3 rings (SSSR count). The van der Waals surface area contributed by atoms with Crippen molar-refractivity contribution in [1.82, 2.24) is 4.98 Å². The van der Waals surface area contributed by atoms with Gasteiger partial charge in [0.05, 0.1) is 17.7 Å². The van der Waals surface area contributed by atoms with Gasteiger partial charge in [-0.3, -0.25) is 9.78 Å². The summed E-state index contributed by atoms with van der Waals surface area (Å²) in [4.78, 5) is 16.7. The fourth-order valence-corrected chi connectivity index (χ4v) is 2.37. The molecule has 6 heteroatoms. The van der Waals surface area contributed by atoms with E-state index in [0.717, 1.165) is 10.6 Å². The highest BCUT2D eigenvalue weighted by atomic mass is 32.1. The first-order valence-electron chi connectivity index (χ1n) is 5.95. The quantitative estimate of drug-likeness (QED) is 0.903. The van der Waals surface area contributed by atoms with Crippen LogP contribution in [-0.2, 0) is 11.3 Å². The number of rotatable bonds is 3. The SMILES string of the molecule is CC1Oc2ccc(NCc3cncs3)cc2NC1=O. The summed E-state index contributed by atoms with van der Waals surface area (Å²) in [6.45, 7) is 2.45. The molecule has 98 valence electrons. The van der Waals surface area contributed by atoms with E-state index in [-0.39, 0.29) is 5.91 Å². The standard InChI is InChI=1S/C13H13N3O2S/c1-8-13(17)16-11-4-9(2-3-12(11)18-8)15-6-10-5-14-7-19-10/h2-5,7-8,15H,6H2,1H3,(H,16,17). The fourth-order valence-electron chi connectivity index (χ4n) is 1.84.